The molecule has 0 bridgehead atoms. The van der Waals surface area contributed by atoms with E-state index >= 15 is 0 Å². The van der Waals surface area contributed by atoms with Gasteiger partial charge < -0.3 is 5.73 Å². The van der Waals surface area contributed by atoms with Crippen molar-refractivity contribution in [2.24, 2.45) is 11.7 Å². The highest BCUT2D eigenvalue weighted by Gasteiger charge is 2.24. The van der Waals surface area contributed by atoms with Crippen LogP contribution in [0.4, 0.5) is 4.39 Å². The Hall–Kier alpha value is -0.600. The number of benzene rings is 1. The van der Waals surface area contributed by atoms with Crippen molar-refractivity contribution in [3.05, 3.63) is 34.6 Å². The molecule has 88 valence electrons. The van der Waals surface area contributed by atoms with Gasteiger partial charge in [0, 0.05) is 16.6 Å². The van der Waals surface area contributed by atoms with E-state index in [9.17, 15) is 4.39 Å². The van der Waals surface area contributed by atoms with Crippen LogP contribution in [0.15, 0.2) is 18.2 Å². The maximum Gasteiger partial charge on any atom is 0.128 e. The van der Waals surface area contributed by atoms with Crippen molar-refractivity contribution < 1.29 is 4.39 Å². The number of rotatable bonds is 2. The van der Waals surface area contributed by atoms with Crippen molar-refractivity contribution in [1.29, 1.82) is 0 Å². The molecule has 0 aliphatic heterocycles. The van der Waals surface area contributed by atoms with Crippen LogP contribution in [-0.4, -0.2) is 0 Å². The minimum Gasteiger partial charge on any atom is -0.324 e. The Balaban J connectivity index is 2.18. The molecule has 0 spiro atoms. The second-order valence-corrected chi connectivity index (χ2v) is 5.03. The quantitative estimate of drug-likeness (QED) is 0.830. The lowest BCUT2D eigenvalue weighted by Gasteiger charge is -2.28. The van der Waals surface area contributed by atoms with Crippen molar-refractivity contribution in [2.75, 3.05) is 0 Å². The lowest BCUT2D eigenvalue weighted by atomic mass is 9.81. The van der Waals surface area contributed by atoms with E-state index in [1.807, 2.05) is 0 Å². The van der Waals surface area contributed by atoms with Crippen LogP contribution in [0.1, 0.15) is 43.7 Å². The Morgan fingerprint density at radius 1 is 1.25 bits per heavy atom. The van der Waals surface area contributed by atoms with Crippen LogP contribution in [0.2, 0.25) is 5.02 Å². The summed E-state index contributed by atoms with van der Waals surface area (Å²) in [4.78, 5) is 0. The molecule has 1 nitrogen and oxygen atoms in total. The first-order chi connectivity index (χ1) is 7.68. The summed E-state index contributed by atoms with van der Waals surface area (Å²) in [6.07, 6.45) is 5.91. The highest BCUT2D eigenvalue weighted by atomic mass is 35.5. The predicted octanol–water partition coefficient (Wildman–Crippen LogP) is 4.06. The van der Waals surface area contributed by atoms with Crippen LogP contribution in [0.5, 0.6) is 0 Å². The molecule has 1 aromatic carbocycles. The number of halogens is 2. The molecule has 1 atom stereocenters. The molecule has 2 N–H and O–H groups in total. The standard InChI is InChI=1S/C13H17ClFN/c14-10-6-7-12(15)11(8-10)13(16)9-4-2-1-3-5-9/h6-9,13H,1-5,16H2. The Morgan fingerprint density at radius 2 is 1.94 bits per heavy atom. The molecule has 0 radical (unpaired) electrons. The summed E-state index contributed by atoms with van der Waals surface area (Å²) < 4.78 is 13.6. The van der Waals surface area contributed by atoms with Gasteiger partial charge in [0.25, 0.3) is 0 Å². The number of nitrogens with two attached hydrogens (primary N) is 1. The van der Waals surface area contributed by atoms with E-state index in [1.54, 1.807) is 12.1 Å². The third-order valence-electron chi connectivity index (χ3n) is 3.47. The second-order valence-electron chi connectivity index (χ2n) is 4.59. The lowest BCUT2D eigenvalue weighted by molar-refractivity contribution is 0.303. The SMILES string of the molecule is NC(c1cc(Cl)ccc1F)C1CCCCC1. The fourth-order valence-electron chi connectivity index (χ4n) is 2.52. The summed E-state index contributed by atoms with van der Waals surface area (Å²) in [5.74, 6) is 0.171. The van der Waals surface area contributed by atoms with Crippen molar-refractivity contribution in [3.63, 3.8) is 0 Å². The highest BCUT2D eigenvalue weighted by Crippen LogP contribution is 2.34. The van der Waals surface area contributed by atoms with Gasteiger partial charge in [-0.3, -0.25) is 0 Å². The van der Waals surface area contributed by atoms with Gasteiger partial charge in [-0.2, -0.15) is 0 Å². The molecule has 1 fully saturated rings. The molecule has 3 heteroatoms. The fourth-order valence-corrected chi connectivity index (χ4v) is 2.70. The van der Waals surface area contributed by atoms with Crippen LogP contribution in [0.3, 0.4) is 0 Å². The fraction of sp³-hybridized carbons (Fsp3) is 0.538. The molecular formula is C13H17ClFN. The minimum absolute atomic E-state index is 0.209. The maximum absolute atomic E-state index is 13.6. The van der Waals surface area contributed by atoms with Crippen molar-refractivity contribution >= 4 is 11.6 Å². The van der Waals surface area contributed by atoms with Crippen LogP contribution in [0, 0.1) is 11.7 Å². The normalized spacial score (nSPS) is 19.7. The van der Waals surface area contributed by atoms with Gasteiger partial charge in [0.1, 0.15) is 5.82 Å². The zero-order valence-corrected chi connectivity index (χ0v) is 10.0. The van der Waals surface area contributed by atoms with Crippen molar-refractivity contribution in [1.82, 2.24) is 0 Å². The molecule has 0 aromatic heterocycles. The highest BCUT2D eigenvalue weighted by molar-refractivity contribution is 6.30. The molecule has 0 heterocycles. The maximum atomic E-state index is 13.6. The molecular weight excluding hydrogens is 225 g/mol. The minimum atomic E-state index is -0.234. The van der Waals surface area contributed by atoms with Gasteiger partial charge in [0.05, 0.1) is 0 Å². The zero-order valence-electron chi connectivity index (χ0n) is 9.26. The number of hydrogen-bond acceptors (Lipinski definition) is 1. The van der Waals surface area contributed by atoms with Gasteiger partial charge in [-0.15, -0.1) is 0 Å². The van der Waals surface area contributed by atoms with Crippen LogP contribution >= 0.6 is 11.6 Å². The molecule has 1 aliphatic rings. The first-order valence-corrected chi connectivity index (χ1v) is 6.27. The first kappa shape index (κ1) is 11.9. The predicted molar refractivity (Wildman–Crippen MR) is 64.9 cm³/mol. The largest absolute Gasteiger partial charge is 0.324 e. The smallest absolute Gasteiger partial charge is 0.128 e. The molecule has 1 unspecified atom stereocenters. The van der Waals surface area contributed by atoms with Gasteiger partial charge in [-0.1, -0.05) is 30.9 Å². The van der Waals surface area contributed by atoms with E-state index < -0.39 is 0 Å². The Labute approximate surface area is 101 Å². The van der Waals surface area contributed by atoms with Crippen LogP contribution in [-0.2, 0) is 0 Å². The summed E-state index contributed by atoms with van der Waals surface area (Å²) in [6.45, 7) is 0. The first-order valence-electron chi connectivity index (χ1n) is 5.89. The number of hydrogen-bond donors (Lipinski definition) is 1. The topological polar surface area (TPSA) is 26.0 Å². The summed E-state index contributed by atoms with van der Waals surface area (Å²) in [7, 11) is 0. The zero-order chi connectivity index (χ0) is 11.5. The van der Waals surface area contributed by atoms with Crippen LogP contribution < -0.4 is 5.73 Å². The average molecular weight is 242 g/mol. The van der Waals surface area contributed by atoms with Gasteiger partial charge in [0.2, 0.25) is 0 Å². The molecule has 0 amide bonds. The van der Waals surface area contributed by atoms with Gasteiger partial charge >= 0.3 is 0 Å². The molecule has 16 heavy (non-hydrogen) atoms. The second kappa shape index (κ2) is 5.15. The summed E-state index contributed by atoms with van der Waals surface area (Å²) in [6, 6.07) is 4.42. The van der Waals surface area contributed by atoms with Gasteiger partial charge in [0.15, 0.2) is 0 Å². The van der Waals surface area contributed by atoms with Gasteiger partial charge in [-0.25, -0.2) is 4.39 Å². The molecule has 1 saturated carbocycles. The van der Waals surface area contributed by atoms with E-state index in [-0.39, 0.29) is 11.9 Å². The average Bonchev–Trinajstić information content (AvgIpc) is 2.32. The third kappa shape index (κ3) is 2.55. The summed E-state index contributed by atoms with van der Waals surface area (Å²) in [5.41, 5.74) is 6.71. The lowest BCUT2D eigenvalue weighted by Crippen LogP contribution is -2.24. The molecule has 0 saturated heterocycles. The Morgan fingerprint density at radius 3 is 2.62 bits per heavy atom. The Bertz CT molecular complexity index is 361. The van der Waals surface area contributed by atoms with Crippen molar-refractivity contribution in [2.45, 2.75) is 38.1 Å². The molecule has 1 aliphatic carbocycles. The van der Waals surface area contributed by atoms with E-state index in [0.717, 1.165) is 12.8 Å². The molecule has 1 aromatic rings. The van der Waals surface area contributed by atoms with Crippen LogP contribution in [0.25, 0.3) is 0 Å². The van der Waals surface area contributed by atoms with E-state index in [0.29, 0.717) is 16.5 Å². The van der Waals surface area contributed by atoms with E-state index in [2.05, 4.69) is 0 Å². The monoisotopic (exact) mass is 241 g/mol. The Kier molecular flexibility index (Phi) is 3.82. The van der Waals surface area contributed by atoms with Crippen molar-refractivity contribution in [3.8, 4) is 0 Å². The van der Waals surface area contributed by atoms with E-state index in [4.69, 9.17) is 17.3 Å². The van der Waals surface area contributed by atoms with E-state index in [1.165, 1.54) is 25.3 Å². The molecule has 2 rings (SSSR count). The van der Waals surface area contributed by atoms with Gasteiger partial charge in [-0.05, 0) is 37.0 Å². The third-order valence-corrected chi connectivity index (χ3v) is 3.71. The summed E-state index contributed by atoms with van der Waals surface area (Å²) >= 11 is 5.88. The summed E-state index contributed by atoms with van der Waals surface area (Å²) in [5, 5.41) is 0.558.